The second-order valence-corrected chi connectivity index (χ2v) is 5.94. The summed E-state index contributed by atoms with van der Waals surface area (Å²) >= 11 is 0. The van der Waals surface area contributed by atoms with Crippen LogP contribution in [0, 0.1) is 11.8 Å². The molecule has 1 saturated heterocycles. The van der Waals surface area contributed by atoms with Crippen LogP contribution in [0.4, 0.5) is 4.79 Å². The quantitative estimate of drug-likeness (QED) is 0.901. The van der Waals surface area contributed by atoms with Crippen LogP contribution in [0.25, 0.3) is 0 Å². The molecule has 1 amide bonds. The Kier molecular flexibility index (Phi) is 3.92. The minimum atomic E-state index is -0.202. The average molecular weight is 274 g/mol. The molecule has 1 heterocycles. The first kappa shape index (κ1) is 13.4. The van der Waals surface area contributed by atoms with Crippen LogP contribution in [0.2, 0.25) is 0 Å². The smallest absolute Gasteiger partial charge is 0.410 e. The van der Waals surface area contributed by atoms with Crippen molar-refractivity contribution in [3.63, 3.8) is 0 Å². The molecule has 1 aliphatic carbocycles. The summed E-state index contributed by atoms with van der Waals surface area (Å²) < 4.78 is 5.40. The van der Waals surface area contributed by atoms with Gasteiger partial charge in [-0.25, -0.2) is 4.79 Å². The van der Waals surface area contributed by atoms with Crippen LogP contribution in [0.5, 0.6) is 0 Å². The maximum atomic E-state index is 12.1. The van der Waals surface area contributed by atoms with E-state index >= 15 is 0 Å². The Morgan fingerprint density at radius 1 is 1.25 bits per heavy atom. The highest BCUT2D eigenvalue weighted by Gasteiger charge is 2.39. The van der Waals surface area contributed by atoms with Gasteiger partial charge in [0.05, 0.1) is 0 Å². The Bertz CT molecular complexity index is 463. The predicted molar refractivity (Wildman–Crippen MR) is 77.0 cm³/mol. The van der Waals surface area contributed by atoms with E-state index in [1.165, 1.54) is 6.42 Å². The summed E-state index contributed by atoms with van der Waals surface area (Å²) in [4.78, 5) is 14.0. The Hall–Kier alpha value is -1.55. The number of nitrogens with two attached hydrogens (primary N) is 1. The van der Waals surface area contributed by atoms with Crippen molar-refractivity contribution in [3.05, 3.63) is 35.9 Å². The third-order valence-electron chi connectivity index (χ3n) is 4.69. The summed E-state index contributed by atoms with van der Waals surface area (Å²) in [7, 11) is 0. The zero-order valence-corrected chi connectivity index (χ0v) is 11.7. The van der Waals surface area contributed by atoms with Crippen molar-refractivity contribution >= 4 is 6.09 Å². The van der Waals surface area contributed by atoms with Gasteiger partial charge in [-0.3, -0.25) is 0 Å². The lowest BCUT2D eigenvalue weighted by Crippen LogP contribution is -2.46. The zero-order valence-electron chi connectivity index (χ0n) is 11.7. The summed E-state index contributed by atoms with van der Waals surface area (Å²) in [6, 6.07) is 10.0. The van der Waals surface area contributed by atoms with Crippen LogP contribution in [-0.2, 0) is 11.3 Å². The van der Waals surface area contributed by atoms with Gasteiger partial charge in [0, 0.05) is 19.1 Å². The second-order valence-electron chi connectivity index (χ2n) is 5.94. The lowest BCUT2D eigenvalue weighted by Gasteiger charge is -2.35. The molecule has 2 N–H and O–H groups in total. The molecule has 0 unspecified atom stereocenters. The summed E-state index contributed by atoms with van der Waals surface area (Å²) in [5, 5.41) is 0. The van der Waals surface area contributed by atoms with Crippen molar-refractivity contribution in [2.45, 2.75) is 31.9 Å². The topological polar surface area (TPSA) is 55.6 Å². The molecule has 0 radical (unpaired) electrons. The van der Waals surface area contributed by atoms with E-state index in [1.54, 1.807) is 0 Å². The van der Waals surface area contributed by atoms with Crippen molar-refractivity contribution in [2.75, 3.05) is 13.1 Å². The van der Waals surface area contributed by atoms with Crippen molar-refractivity contribution in [2.24, 2.45) is 17.6 Å². The molecule has 3 rings (SSSR count). The van der Waals surface area contributed by atoms with E-state index in [1.807, 2.05) is 35.2 Å². The number of piperidine rings is 1. The van der Waals surface area contributed by atoms with Crippen LogP contribution in [0.1, 0.15) is 24.8 Å². The molecule has 3 atom stereocenters. The minimum absolute atomic E-state index is 0.202. The molecular weight excluding hydrogens is 252 g/mol. The third kappa shape index (κ3) is 2.80. The first-order valence-electron chi connectivity index (χ1n) is 7.45. The van der Waals surface area contributed by atoms with Gasteiger partial charge in [0.25, 0.3) is 0 Å². The third-order valence-corrected chi connectivity index (χ3v) is 4.69. The molecule has 0 aromatic heterocycles. The highest BCUT2D eigenvalue weighted by molar-refractivity contribution is 5.67. The highest BCUT2D eigenvalue weighted by Crippen LogP contribution is 2.37. The van der Waals surface area contributed by atoms with Crippen LogP contribution >= 0.6 is 0 Å². The summed E-state index contributed by atoms with van der Waals surface area (Å²) in [6.07, 6.45) is 3.19. The molecule has 1 aliphatic heterocycles. The standard InChI is InChI=1S/C16H22N2O2/c17-15-7-6-13-8-9-18(10-14(13)15)16(19)20-11-12-4-2-1-3-5-12/h1-5,13-15H,6-11,17H2/t13-,14+,15-/m1/s1. The molecule has 4 heteroatoms. The average Bonchev–Trinajstić information content (AvgIpc) is 2.87. The molecular formula is C16H22N2O2. The monoisotopic (exact) mass is 274 g/mol. The summed E-state index contributed by atoms with van der Waals surface area (Å²) in [5.41, 5.74) is 7.16. The van der Waals surface area contributed by atoms with Crippen molar-refractivity contribution in [1.29, 1.82) is 0 Å². The fraction of sp³-hybridized carbons (Fsp3) is 0.562. The van der Waals surface area contributed by atoms with Crippen LogP contribution < -0.4 is 5.73 Å². The number of hydrogen-bond acceptors (Lipinski definition) is 3. The number of hydrogen-bond donors (Lipinski definition) is 1. The molecule has 0 spiro atoms. The molecule has 108 valence electrons. The van der Waals surface area contributed by atoms with Crippen LogP contribution in [-0.4, -0.2) is 30.1 Å². The number of likely N-dealkylation sites (tertiary alicyclic amines) is 1. The number of ether oxygens (including phenoxy) is 1. The Labute approximate surface area is 119 Å². The van der Waals surface area contributed by atoms with Gasteiger partial charge in [0.1, 0.15) is 6.61 Å². The van der Waals surface area contributed by atoms with Crippen molar-refractivity contribution in [3.8, 4) is 0 Å². The fourth-order valence-corrected chi connectivity index (χ4v) is 3.47. The number of carbonyl (C=O) groups excluding carboxylic acids is 1. The van der Waals surface area contributed by atoms with Gasteiger partial charge in [0.2, 0.25) is 0 Å². The van der Waals surface area contributed by atoms with Crippen molar-refractivity contribution in [1.82, 2.24) is 4.90 Å². The maximum absolute atomic E-state index is 12.1. The zero-order chi connectivity index (χ0) is 13.9. The normalized spacial score (nSPS) is 29.1. The number of nitrogens with zero attached hydrogens (tertiary/aromatic N) is 1. The molecule has 1 saturated carbocycles. The van der Waals surface area contributed by atoms with Gasteiger partial charge in [-0.05, 0) is 36.7 Å². The Morgan fingerprint density at radius 3 is 2.85 bits per heavy atom. The largest absolute Gasteiger partial charge is 0.445 e. The number of amides is 1. The van der Waals surface area contributed by atoms with Gasteiger partial charge in [-0.15, -0.1) is 0 Å². The highest BCUT2D eigenvalue weighted by atomic mass is 16.6. The van der Waals surface area contributed by atoms with E-state index in [0.717, 1.165) is 31.5 Å². The molecule has 1 aromatic carbocycles. The number of fused-ring (bicyclic) bond motifs is 1. The van der Waals surface area contributed by atoms with Gasteiger partial charge < -0.3 is 15.4 Å². The summed E-state index contributed by atoms with van der Waals surface area (Å²) in [6.45, 7) is 1.91. The number of rotatable bonds is 2. The SMILES string of the molecule is N[C@@H]1CC[C@@H]2CCN(C(=O)OCc3ccccc3)C[C@@H]21. The number of benzene rings is 1. The maximum Gasteiger partial charge on any atom is 0.410 e. The molecule has 20 heavy (non-hydrogen) atoms. The number of carbonyl (C=O) groups is 1. The fourth-order valence-electron chi connectivity index (χ4n) is 3.47. The van der Waals surface area contributed by atoms with Gasteiger partial charge in [-0.2, -0.15) is 0 Å². The molecule has 1 aromatic rings. The lowest BCUT2D eigenvalue weighted by atomic mass is 9.87. The molecule has 4 nitrogen and oxygen atoms in total. The first-order chi connectivity index (χ1) is 9.74. The van der Waals surface area contributed by atoms with E-state index < -0.39 is 0 Å². The predicted octanol–water partition coefficient (Wildman–Crippen LogP) is 2.38. The second kappa shape index (κ2) is 5.83. The van der Waals surface area contributed by atoms with E-state index in [9.17, 15) is 4.79 Å². The van der Waals surface area contributed by atoms with E-state index in [4.69, 9.17) is 10.5 Å². The lowest BCUT2D eigenvalue weighted by molar-refractivity contribution is 0.0681. The van der Waals surface area contributed by atoms with Gasteiger partial charge in [-0.1, -0.05) is 30.3 Å². The Balaban J connectivity index is 1.53. The van der Waals surface area contributed by atoms with E-state index in [0.29, 0.717) is 18.4 Å². The molecule has 0 bridgehead atoms. The summed E-state index contributed by atoms with van der Waals surface area (Å²) in [5.74, 6) is 1.18. The van der Waals surface area contributed by atoms with Crippen LogP contribution in [0.15, 0.2) is 30.3 Å². The van der Waals surface area contributed by atoms with Gasteiger partial charge >= 0.3 is 6.09 Å². The van der Waals surface area contributed by atoms with E-state index in [-0.39, 0.29) is 12.1 Å². The van der Waals surface area contributed by atoms with Crippen molar-refractivity contribution < 1.29 is 9.53 Å². The van der Waals surface area contributed by atoms with Gasteiger partial charge in [0.15, 0.2) is 0 Å². The molecule has 2 fully saturated rings. The van der Waals surface area contributed by atoms with E-state index in [2.05, 4.69) is 0 Å². The first-order valence-corrected chi connectivity index (χ1v) is 7.45. The minimum Gasteiger partial charge on any atom is -0.445 e. The Morgan fingerprint density at radius 2 is 2.05 bits per heavy atom. The van der Waals surface area contributed by atoms with Crippen LogP contribution in [0.3, 0.4) is 0 Å². The molecule has 2 aliphatic rings.